The number of Topliss-reactive ketones (excluding diaryl/α,β-unsaturated/α-hetero) is 1. The van der Waals surface area contributed by atoms with E-state index in [0.717, 1.165) is 15.2 Å². The lowest BCUT2D eigenvalue weighted by Gasteiger charge is -2.12. The van der Waals surface area contributed by atoms with Gasteiger partial charge in [-0.05, 0) is 49.6 Å². The number of thioether (sulfide) groups is 1. The highest BCUT2D eigenvalue weighted by Crippen LogP contribution is 2.31. The predicted octanol–water partition coefficient (Wildman–Crippen LogP) is 4.01. The van der Waals surface area contributed by atoms with Crippen molar-refractivity contribution in [3.05, 3.63) is 47.6 Å². The van der Waals surface area contributed by atoms with E-state index in [2.05, 4.69) is 15.3 Å². The average Bonchev–Trinajstić information content (AvgIpc) is 3.05. The molecule has 0 spiro atoms. The van der Waals surface area contributed by atoms with E-state index in [1.165, 1.54) is 25.0 Å². The minimum absolute atomic E-state index is 0.000487. The standard InChI is InChI=1S/C17H15N3O2S2/c1-10(21)12-3-5-13(6-4-12)20-16(22)11(2)24-17-15-14(7-8-23-15)18-9-19-17/h3-9,11H,1-2H3,(H,20,22). The van der Waals surface area contributed by atoms with Crippen LogP contribution >= 0.6 is 23.1 Å². The summed E-state index contributed by atoms with van der Waals surface area (Å²) >= 11 is 2.97. The Balaban J connectivity index is 1.68. The number of nitrogens with zero attached hydrogens (tertiary/aromatic N) is 2. The second-order valence-electron chi connectivity index (χ2n) is 5.20. The molecule has 1 unspecified atom stereocenters. The highest BCUT2D eigenvalue weighted by atomic mass is 32.2. The van der Waals surface area contributed by atoms with Gasteiger partial charge in [0.2, 0.25) is 5.91 Å². The summed E-state index contributed by atoms with van der Waals surface area (Å²) in [5.41, 5.74) is 2.18. The molecule has 0 bridgehead atoms. The predicted molar refractivity (Wildman–Crippen MR) is 97.8 cm³/mol. The molecule has 0 aliphatic carbocycles. The third kappa shape index (κ3) is 3.63. The molecular weight excluding hydrogens is 342 g/mol. The zero-order valence-electron chi connectivity index (χ0n) is 13.1. The Kier molecular flexibility index (Phi) is 4.92. The van der Waals surface area contributed by atoms with Gasteiger partial charge in [0.05, 0.1) is 15.5 Å². The number of thiophene rings is 1. The SMILES string of the molecule is CC(=O)c1ccc(NC(=O)C(C)Sc2ncnc3ccsc23)cc1. The van der Waals surface area contributed by atoms with Gasteiger partial charge in [0.15, 0.2) is 5.78 Å². The van der Waals surface area contributed by atoms with Crippen molar-refractivity contribution >= 4 is 50.7 Å². The van der Waals surface area contributed by atoms with Gasteiger partial charge < -0.3 is 5.32 Å². The molecule has 0 saturated heterocycles. The molecule has 0 saturated carbocycles. The van der Waals surface area contributed by atoms with Crippen molar-refractivity contribution in [2.75, 3.05) is 5.32 Å². The van der Waals surface area contributed by atoms with Crippen molar-refractivity contribution in [3.8, 4) is 0 Å². The monoisotopic (exact) mass is 357 g/mol. The van der Waals surface area contributed by atoms with Crippen molar-refractivity contribution < 1.29 is 9.59 Å². The van der Waals surface area contributed by atoms with E-state index in [9.17, 15) is 9.59 Å². The summed E-state index contributed by atoms with van der Waals surface area (Å²) in [5, 5.41) is 5.32. The number of anilines is 1. The number of rotatable bonds is 5. The molecule has 1 aromatic carbocycles. The molecule has 122 valence electrons. The summed E-state index contributed by atoms with van der Waals surface area (Å²) in [6.45, 7) is 3.35. The van der Waals surface area contributed by atoms with E-state index in [0.29, 0.717) is 11.3 Å². The second-order valence-corrected chi connectivity index (χ2v) is 7.44. The molecule has 1 N–H and O–H groups in total. The van der Waals surface area contributed by atoms with Crippen LogP contribution in [0, 0.1) is 0 Å². The number of carbonyl (C=O) groups is 2. The van der Waals surface area contributed by atoms with Gasteiger partial charge in [-0.2, -0.15) is 0 Å². The fraction of sp³-hybridized carbons (Fsp3) is 0.176. The van der Waals surface area contributed by atoms with Crippen molar-refractivity contribution in [3.63, 3.8) is 0 Å². The third-order valence-corrected chi connectivity index (χ3v) is 5.57. The van der Waals surface area contributed by atoms with E-state index < -0.39 is 0 Å². The molecule has 3 rings (SSSR count). The number of hydrogen-bond donors (Lipinski definition) is 1. The Bertz CT molecular complexity index is 890. The molecule has 24 heavy (non-hydrogen) atoms. The maximum atomic E-state index is 12.4. The van der Waals surface area contributed by atoms with Gasteiger partial charge in [-0.25, -0.2) is 9.97 Å². The van der Waals surface area contributed by atoms with E-state index in [4.69, 9.17) is 0 Å². The molecule has 1 atom stereocenters. The van der Waals surface area contributed by atoms with Crippen molar-refractivity contribution in [1.29, 1.82) is 0 Å². The highest BCUT2D eigenvalue weighted by Gasteiger charge is 2.17. The van der Waals surface area contributed by atoms with Crippen molar-refractivity contribution in [1.82, 2.24) is 9.97 Å². The summed E-state index contributed by atoms with van der Waals surface area (Å²) in [6.07, 6.45) is 1.52. The normalized spacial score (nSPS) is 12.1. The van der Waals surface area contributed by atoms with E-state index in [1.54, 1.807) is 35.6 Å². The topological polar surface area (TPSA) is 72.0 Å². The molecule has 1 amide bonds. The zero-order chi connectivity index (χ0) is 17.1. The van der Waals surface area contributed by atoms with Gasteiger partial charge in [-0.15, -0.1) is 11.3 Å². The van der Waals surface area contributed by atoms with Gasteiger partial charge >= 0.3 is 0 Å². The van der Waals surface area contributed by atoms with Crippen LogP contribution in [0.25, 0.3) is 10.2 Å². The number of carbonyl (C=O) groups excluding carboxylic acids is 2. The van der Waals surface area contributed by atoms with Crippen LogP contribution < -0.4 is 5.32 Å². The van der Waals surface area contributed by atoms with Crippen LogP contribution in [0.15, 0.2) is 47.1 Å². The molecule has 0 fully saturated rings. The summed E-state index contributed by atoms with van der Waals surface area (Å²) in [6, 6.07) is 8.81. The first-order chi connectivity index (χ1) is 11.5. The summed E-state index contributed by atoms with van der Waals surface area (Å²) in [7, 11) is 0. The van der Waals surface area contributed by atoms with Crippen LogP contribution in [0.3, 0.4) is 0 Å². The minimum atomic E-state index is -0.308. The van der Waals surface area contributed by atoms with Crippen molar-refractivity contribution in [2.45, 2.75) is 24.1 Å². The maximum Gasteiger partial charge on any atom is 0.237 e. The number of fused-ring (bicyclic) bond motifs is 1. The summed E-state index contributed by atoms with van der Waals surface area (Å²) in [5.74, 6) is -0.112. The Morgan fingerprint density at radius 3 is 2.62 bits per heavy atom. The van der Waals surface area contributed by atoms with E-state index in [1.807, 2.05) is 18.4 Å². The second kappa shape index (κ2) is 7.11. The molecule has 3 aromatic rings. The molecule has 2 aromatic heterocycles. The van der Waals surface area contributed by atoms with Crippen LogP contribution in [0.2, 0.25) is 0 Å². The number of nitrogens with one attached hydrogen (secondary N) is 1. The lowest BCUT2D eigenvalue weighted by Crippen LogP contribution is -2.22. The summed E-state index contributed by atoms with van der Waals surface area (Å²) < 4.78 is 0.993. The lowest BCUT2D eigenvalue weighted by molar-refractivity contribution is -0.115. The first-order valence-electron chi connectivity index (χ1n) is 7.31. The quantitative estimate of drug-likeness (QED) is 0.424. The van der Waals surface area contributed by atoms with Gasteiger partial charge in [0.1, 0.15) is 11.4 Å². The van der Waals surface area contributed by atoms with Gasteiger partial charge in [0.25, 0.3) is 0 Å². The smallest absolute Gasteiger partial charge is 0.237 e. The third-order valence-electron chi connectivity index (χ3n) is 3.43. The molecule has 0 aliphatic heterocycles. The maximum absolute atomic E-state index is 12.4. The Hall–Kier alpha value is -2.25. The van der Waals surface area contributed by atoms with Crippen LogP contribution in [-0.2, 0) is 4.79 Å². The summed E-state index contributed by atoms with van der Waals surface area (Å²) in [4.78, 5) is 32.1. The number of amides is 1. The molecule has 2 heterocycles. The van der Waals surface area contributed by atoms with Crippen LogP contribution in [-0.4, -0.2) is 26.9 Å². The van der Waals surface area contributed by atoms with Gasteiger partial charge in [-0.1, -0.05) is 11.8 Å². The molecule has 5 nitrogen and oxygen atoms in total. The number of benzene rings is 1. The van der Waals surface area contributed by atoms with Gasteiger partial charge in [0, 0.05) is 11.3 Å². The number of hydrogen-bond acceptors (Lipinski definition) is 6. The first-order valence-corrected chi connectivity index (χ1v) is 9.07. The van der Waals surface area contributed by atoms with Crippen molar-refractivity contribution in [2.24, 2.45) is 0 Å². The molecule has 0 aliphatic rings. The van der Waals surface area contributed by atoms with Crippen LogP contribution in [0.1, 0.15) is 24.2 Å². The first kappa shape index (κ1) is 16.6. The molecule has 7 heteroatoms. The number of ketones is 1. The minimum Gasteiger partial charge on any atom is -0.325 e. The highest BCUT2D eigenvalue weighted by molar-refractivity contribution is 8.00. The Labute approximate surface area is 147 Å². The van der Waals surface area contributed by atoms with Crippen LogP contribution in [0.4, 0.5) is 5.69 Å². The van der Waals surface area contributed by atoms with Gasteiger partial charge in [-0.3, -0.25) is 9.59 Å². The molecular formula is C17H15N3O2S2. The van der Waals surface area contributed by atoms with E-state index in [-0.39, 0.29) is 16.9 Å². The fourth-order valence-corrected chi connectivity index (χ4v) is 3.94. The average molecular weight is 357 g/mol. The Morgan fingerprint density at radius 2 is 1.92 bits per heavy atom. The zero-order valence-corrected chi connectivity index (χ0v) is 14.8. The van der Waals surface area contributed by atoms with Crippen LogP contribution in [0.5, 0.6) is 0 Å². The van der Waals surface area contributed by atoms with E-state index >= 15 is 0 Å². The largest absolute Gasteiger partial charge is 0.325 e. The lowest BCUT2D eigenvalue weighted by atomic mass is 10.1. The molecule has 0 radical (unpaired) electrons. The number of aromatic nitrogens is 2. The Morgan fingerprint density at radius 1 is 1.17 bits per heavy atom. The fourth-order valence-electron chi connectivity index (χ4n) is 2.10.